The van der Waals surface area contributed by atoms with E-state index in [4.69, 9.17) is 4.42 Å². The molecule has 2 N–H and O–H groups in total. The van der Waals surface area contributed by atoms with Crippen LogP contribution >= 0.6 is 0 Å². The van der Waals surface area contributed by atoms with Gasteiger partial charge in [-0.25, -0.2) is 9.78 Å². The van der Waals surface area contributed by atoms with Gasteiger partial charge in [0, 0.05) is 36.1 Å². The summed E-state index contributed by atoms with van der Waals surface area (Å²) in [6.45, 7) is 4.17. The van der Waals surface area contributed by atoms with Crippen LogP contribution in [0.4, 0.5) is 21.9 Å². The minimum atomic E-state index is -0.348. The number of rotatable bonds is 3. The van der Waals surface area contributed by atoms with Gasteiger partial charge in [0.1, 0.15) is 0 Å². The van der Waals surface area contributed by atoms with Gasteiger partial charge < -0.3 is 20.0 Å². The maximum absolute atomic E-state index is 12.4. The lowest BCUT2D eigenvalue weighted by molar-refractivity contribution is -0.116. The minimum Gasteiger partial charge on any atom is -0.444 e. The number of oxazole rings is 1. The van der Waals surface area contributed by atoms with Crippen LogP contribution in [-0.2, 0) is 11.2 Å². The largest absolute Gasteiger partial charge is 0.444 e. The number of amides is 3. The zero-order valence-electron chi connectivity index (χ0n) is 15.7. The van der Waals surface area contributed by atoms with Crippen LogP contribution in [-0.4, -0.2) is 23.5 Å². The van der Waals surface area contributed by atoms with Crippen LogP contribution in [0.3, 0.4) is 0 Å². The average Bonchev–Trinajstić information content (AvgIpc) is 3.31. The summed E-state index contributed by atoms with van der Waals surface area (Å²) in [5.74, 6) is 0.685. The van der Waals surface area contributed by atoms with Crippen molar-refractivity contribution in [2.24, 2.45) is 0 Å². The van der Waals surface area contributed by atoms with Crippen molar-refractivity contribution in [2.45, 2.75) is 20.3 Å². The van der Waals surface area contributed by atoms with Gasteiger partial charge in [-0.3, -0.25) is 4.79 Å². The van der Waals surface area contributed by atoms with E-state index >= 15 is 0 Å². The predicted octanol–water partition coefficient (Wildman–Crippen LogP) is 4.20. The molecule has 7 heteroatoms. The first-order valence-electron chi connectivity index (χ1n) is 9.00. The molecule has 0 radical (unpaired) electrons. The molecular weight excluding hydrogens is 356 g/mol. The number of nitrogens with one attached hydrogen (secondary N) is 2. The highest BCUT2D eigenvalue weighted by molar-refractivity contribution is 6.01. The Hall–Kier alpha value is -3.61. The van der Waals surface area contributed by atoms with Crippen LogP contribution < -0.4 is 15.5 Å². The summed E-state index contributed by atoms with van der Waals surface area (Å²) in [5.41, 5.74) is 5.16. The van der Waals surface area contributed by atoms with Gasteiger partial charge in [0.2, 0.25) is 5.91 Å². The highest BCUT2D eigenvalue weighted by atomic mass is 16.3. The lowest BCUT2D eigenvalue weighted by Gasteiger charge is -2.16. The molecule has 3 amide bonds. The number of urea groups is 1. The van der Waals surface area contributed by atoms with Gasteiger partial charge in [-0.1, -0.05) is 6.07 Å². The molecule has 0 spiro atoms. The van der Waals surface area contributed by atoms with Gasteiger partial charge in [-0.2, -0.15) is 0 Å². The van der Waals surface area contributed by atoms with Crippen molar-refractivity contribution >= 4 is 29.0 Å². The number of nitrogens with zero attached hydrogens (tertiary/aromatic N) is 2. The standard InChI is InChI=1S/C21H20N4O3/c1-13-9-16(5-6-18(13)20-11-22-12-28-20)23-21(27)24-17-4-3-15-7-8-25(14(2)26)19(15)10-17/h3-6,9-12H,7-8H2,1-2H3,(H2,23,24,27). The quantitative estimate of drug-likeness (QED) is 0.717. The zero-order chi connectivity index (χ0) is 19.7. The van der Waals surface area contributed by atoms with E-state index in [0.29, 0.717) is 23.7 Å². The molecule has 1 aliphatic rings. The van der Waals surface area contributed by atoms with Crippen molar-refractivity contribution in [1.82, 2.24) is 4.98 Å². The van der Waals surface area contributed by atoms with Gasteiger partial charge in [-0.05, 0) is 54.8 Å². The van der Waals surface area contributed by atoms with E-state index in [0.717, 1.165) is 28.8 Å². The minimum absolute atomic E-state index is 0.00248. The number of fused-ring (bicyclic) bond motifs is 1. The molecule has 0 saturated carbocycles. The van der Waals surface area contributed by atoms with Crippen molar-refractivity contribution in [3.05, 3.63) is 60.1 Å². The third-order valence-electron chi connectivity index (χ3n) is 4.80. The van der Waals surface area contributed by atoms with Crippen molar-refractivity contribution in [1.29, 1.82) is 0 Å². The third kappa shape index (κ3) is 3.46. The molecule has 142 valence electrons. The van der Waals surface area contributed by atoms with Gasteiger partial charge in [0.05, 0.1) is 6.20 Å². The lowest BCUT2D eigenvalue weighted by atomic mass is 10.1. The summed E-state index contributed by atoms with van der Waals surface area (Å²) in [4.78, 5) is 29.8. The topological polar surface area (TPSA) is 87.5 Å². The molecule has 7 nitrogen and oxygen atoms in total. The van der Waals surface area contributed by atoms with Crippen LogP contribution in [0.5, 0.6) is 0 Å². The highest BCUT2D eigenvalue weighted by Crippen LogP contribution is 2.31. The monoisotopic (exact) mass is 376 g/mol. The number of hydrogen-bond donors (Lipinski definition) is 2. The fourth-order valence-corrected chi connectivity index (χ4v) is 3.44. The third-order valence-corrected chi connectivity index (χ3v) is 4.80. The number of hydrogen-bond acceptors (Lipinski definition) is 4. The molecule has 1 aromatic heterocycles. The molecule has 0 bridgehead atoms. The fourth-order valence-electron chi connectivity index (χ4n) is 3.44. The zero-order valence-corrected chi connectivity index (χ0v) is 15.7. The molecule has 0 aliphatic carbocycles. The Kier molecular flexibility index (Phi) is 4.57. The van der Waals surface area contributed by atoms with Crippen molar-refractivity contribution < 1.29 is 14.0 Å². The molecule has 4 rings (SSSR count). The van der Waals surface area contributed by atoms with Crippen LogP contribution in [0.1, 0.15) is 18.1 Å². The molecular formula is C21H20N4O3. The molecule has 3 aromatic rings. The van der Waals surface area contributed by atoms with E-state index in [1.54, 1.807) is 18.0 Å². The SMILES string of the molecule is CC(=O)N1CCc2ccc(NC(=O)Nc3ccc(-c4cnco4)c(C)c3)cc21. The number of anilines is 3. The molecule has 0 saturated heterocycles. The first-order chi connectivity index (χ1) is 13.5. The Labute approximate surface area is 162 Å². The molecule has 1 aliphatic heterocycles. The van der Waals surface area contributed by atoms with E-state index in [1.165, 1.54) is 6.39 Å². The second-order valence-corrected chi connectivity index (χ2v) is 6.74. The van der Waals surface area contributed by atoms with Crippen LogP contribution in [0.2, 0.25) is 0 Å². The van der Waals surface area contributed by atoms with Crippen molar-refractivity contribution in [3.8, 4) is 11.3 Å². The van der Waals surface area contributed by atoms with Gasteiger partial charge >= 0.3 is 6.03 Å². The van der Waals surface area contributed by atoms with Gasteiger partial charge in [-0.15, -0.1) is 0 Å². The number of carbonyl (C=O) groups is 2. The van der Waals surface area contributed by atoms with E-state index < -0.39 is 0 Å². The van der Waals surface area contributed by atoms with E-state index in [1.807, 2.05) is 43.3 Å². The highest BCUT2D eigenvalue weighted by Gasteiger charge is 2.22. The number of benzene rings is 2. The summed E-state index contributed by atoms with van der Waals surface area (Å²) in [6, 6.07) is 10.8. The molecule has 2 aromatic carbocycles. The number of aryl methyl sites for hydroxylation is 1. The van der Waals surface area contributed by atoms with E-state index in [-0.39, 0.29) is 11.9 Å². The Morgan fingerprint density at radius 2 is 1.86 bits per heavy atom. The molecule has 28 heavy (non-hydrogen) atoms. The lowest BCUT2D eigenvalue weighted by Crippen LogP contribution is -2.26. The number of aromatic nitrogens is 1. The summed E-state index contributed by atoms with van der Waals surface area (Å²) in [6.07, 6.45) is 3.87. The predicted molar refractivity (Wildman–Crippen MR) is 107 cm³/mol. The second-order valence-electron chi connectivity index (χ2n) is 6.74. The van der Waals surface area contributed by atoms with Crippen LogP contribution in [0.15, 0.2) is 53.4 Å². The van der Waals surface area contributed by atoms with Crippen molar-refractivity contribution in [2.75, 3.05) is 22.1 Å². The maximum Gasteiger partial charge on any atom is 0.323 e. The van der Waals surface area contributed by atoms with E-state index in [2.05, 4.69) is 15.6 Å². The number of carbonyl (C=O) groups excluding carboxylic acids is 2. The summed E-state index contributed by atoms with van der Waals surface area (Å²) >= 11 is 0. The van der Waals surface area contributed by atoms with Gasteiger partial charge in [0.15, 0.2) is 12.2 Å². The summed E-state index contributed by atoms with van der Waals surface area (Å²) < 4.78 is 5.32. The Balaban J connectivity index is 1.46. The maximum atomic E-state index is 12.4. The Morgan fingerprint density at radius 1 is 1.11 bits per heavy atom. The van der Waals surface area contributed by atoms with E-state index in [9.17, 15) is 9.59 Å². The summed E-state index contributed by atoms with van der Waals surface area (Å²) in [7, 11) is 0. The Bertz CT molecular complexity index is 1040. The smallest absolute Gasteiger partial charge is 0.323 e. The second kappa shape index (κ2) is 7.19. The Morgan fingerprint density at radius 3 is 2.54 bits per heavy atom. The van der Waals surface area contributed by atoms with Crippen LogP contribution in [0, 0.1) is 6.92 Å². The first-order valence-corrected chi connectivity index (χ1v) is 9.00. The van der Waals surface area contributed by atoms with Crippen molar-refractivity contribution in [3.63, 3.8) is 0 Å². The summed E-state index contributed by atoms with van der Waals surface area (Å²) in [5, 5.41) is 5.65. The normalized spacial score (nSPS) is 12.6. The molecule has 0 fully saturated rings. The molecule has 0 unspecified atom stereocenters. The molecule has 2 heterocycles. The average molecular weight is 376 g/mol. The van der Waals surface area contributed by atoms with Crippen LogP contribution in [0.25, 0.3) is 11.3 Å². The first kappa shape index (κ1) is 17.8. The fraction of sp³-hybridized carbons (Fsp3) is 0.190. The molecule has 0 atom stereocenters. The van der Waals surface area contributed by atoms with Gasteiger partial charge in [0.25, 0.3) is 0 Å².